The van der Waals surface area contributed by atoms with E-state index in [1.807, 2.05) is 0 Å². The molecule has 2 aromatic heterocycles. The molecule has 0 fully saturated rings. The quantitative estimate of drug-likeness (QED) is 0.661. The largest absolute Gasteiger partial charge is 0.368 e. The molecule has 0 bridgehead atoms. The van der Waals surface area contributed by atoms with Crippen molar-refractivity contribution in [1.82, 2.24) is 14.2 Å². The molecule has 2 heterocycles. The lowest BCUT2D eigenvalue weighted by Gasteiger charge is -2.01. The Hall–Kier alpha value is -2.11. The Balaban J connectivity index is 2.62. The maximum Gasteiger partial charge on any atom is 0.277 e. The van der Waals surface area contributed by atoms with Gasteiger partial charge in [-0.05, 0) is 6.07 Å². The van der Waals surface area contributed by atoms with Crippen molar-refractivity contribution >= 4 is 11.4 Å². The van der Waals surface area contributed by atoms with Gasteiger partial charge in [-0.1, -0.05) is 0 Å². The van der Waals surface area contributed by atoms with Crippen LogP contribution < -0.4 is 11.3 Å². The van der Waals surface area contributed by atoms with Crippen LogP contribution in [0.15, 0.2) is 29.5 Å². The van der Waals surface area contributed by atoms with E-state index < -0.39 is 5.91 Å². The van der Waals surface area contributed by atoms with Crippen LogP contribution in [0.4, 0.5) is 0 Å². The molecular weight excluding hydrogens is 184 g/mol. The smallest absolute Gasteiger partial charge is 0.277 e. The van der Waals surface area contributed by atoms with Gasteiger partial charge in [-0.2, -0.15) is 5.10 Å². The average Bonchev–Trinajstić information content (AvgIpc) is 2.57. The Bertz CT molecular complexity index is 540. The normalized spacial score (nSPS) is 10.6. The minimum Gasteiger partial charge on any atom is -0.368 e. The van der Waals surface area contributed by atoms with E-state index in [1.165, 1.54) is 21.5 Å². The number of amides is 1. The number of primary amides is 1. The summed E-state index contributed by atoms with van der Waals surface area (Å²) in [6.07, 6.45) is 4.60. The Kier molecular flexibility index (Phi) is 1.81. The van der Waals surface area contributed by atoms with Crippen molar-refractivity contribution in [1.29, 1.82) is 0 Å². The molecule has 1 amide bonds. The highest BCUT2D eigenvalue weighted by Gasteiger charge is 2.04. The summed E-state index contributed by atoms with van der Waals surface area (Å²) in [5.74, 6) is -0.545. The fourth-order valence-corrected chi connectivity index (χ4v) is 1.25. The van der Waals surface area contributed by atoms with Gasteiger partial charge in [0.25, 0.3) is 5.56 Å². The Morgan fingerprint density at radius 1 is 1.50 bits per heavy atom. The van der Waals surface area contributed by atoms with Gasteiger partial charge in [-0.25, -0.2) is 4.52 Å². The molecule has 0 aliphatic carbocycles. The molecule has 2 aromatic rings. The van der Waals surface area contributed by atoms with Crippen LogP contribution in [0.25, 0.3) is 5.52 Å². The van der Waals surface area contributed by atoms with E-state index in [2.05, 4.69) is 5.10 Å². The molecule has 2 rings (SSSR count). The van der Waals surface area contributed by atoms with Gasteiger partial charge in [0.15, 0.2) is 0 Å². The van der Waals surface area contributed by atoms with Crippen LogP contribution >= 0.6 is 0 Å². The number of nitrogens with zero attached hydrogens (tertiary/aromatic N) is 3. The third kappa shape index (κ3) is 1.26. The summed E-state index contributed by atoms with van der Waals surface area (Å²) in [6, 6.07) is 1.58. The zero-order valence-corrected chi connectivity index (χ0v) is 7.25. The van der Waals surface area contributed by atoms with E-state index in [1.54, 1.807) is 12.3 Å². The maximum atomic E-state index is 11.6. The van der Waals surface area contributed by atoms with Crippen LogP contribution in [0, 0.1) is 0 Å². The molecule has 2 N–H and O–H groups in total. The van der Waals surface area contributed by atoms with Crippen LogP contribution in [-0.2, 0) is 11.3 Å². The Labute approximate surface area is 78.6 Å². The van der Waals surface area contributed by atoms with Crippen molar-refractivity contribution in [3.05, 3.63) is 35.0 Å². The summed E-state index contributed by atoms with van der Waals surface area (Å²) in [5, 5.41) is 3.89. The van der Waals surface area contributed by atoms with Crippen molar-refractivity contribution in [3.63, 3.8) is 0 Å². The number of nitrogens with two attached hydrogens (primary N) is 1. The number of carbonyl (C=O) groups excluding carboxylic acids is 1. The molecule has 14 heavy (non-hydrogen) atoms. The van der Waals surface area contributed by atoms with Crippen molar-refractivity contribution in [3.8, 4) is 0 Å². The van der Waals surface area contributed by atoms with Gasteiger partial charge in [0, 0.05) is 12.4 Å². The molecule has 0 aliphatic rings. The monoisotopic (exact) mass is 192 g/mol. The first-order chi connectivity index (χ1) is 6.68. The molecule has 0 saturated heterocycles. The Morgan fingerprint density at radius 2 is 2.29 bits per heavy atom. The lowest BCUT2D eigenvalue weighted by atomic mass is 10.5. The van der Waals surface area contributed by atoms with Gasteiger partial charge in [-0.15, -0.1) is 0 Å². The topological polar surface area (TPSA) is 82.4 Å². The second-order valence-electron chi connectivity index (χ2n) is 2.86. The highest BCUT2D eigenvalue weighted by Crippen LogP contribution is 1.93. The number of hydrogen-bond donors (Lipinski definition) is 1. The van der Waals surface area contributed by atoms with E-state index in [4.69, 9.17) is 5.73 Å². The molecule has 0 spiro atoms. The molecule has 0 atom stereocenters. The van der Waals surface area contributed by atoms with Crippen LogP contribution in [0.5, 0.6) is 0 Å². The lowest BCUT2D eigenvalue weighted by Crippen LogP contribution is -2.28. The zero-order chi connectivity index (χ0) is 10.1. The summed E-state index contributed by atoms with van der Waals surface area (Å²) < 4.78 is 2.69. The average molecular weight is 192 g/mol. The summed E-state index contributed by atoms with van der Waals surface area (Å²) in [4.78, 5) is 22.3. The van der Waals surface area contributed by atoms with E-state index >= 15 is 0 Å². The SMILES string of the molecule is NC(=O)Cn1ccn2nccc2c1=O. The van der Waals surface area contributed by atoms with Crippen molar-refractivity contribution < 1.29 is 4.79 Å². The van der Waals surface area contributed by atoms with Gasteiger partial charge in [0.1, 0.15) is 12.1 Å². The maximum absolute atomic E-state index is 11.6. The fraction of sp³-hybridized carbons (Fsp3) is 0.125. The predicted molar refractivity (Wildman–Crippen MR) is 48.6 cm³/mol. The highest BCUT2D eigenvalue weighted by atomic mass is 16.2. The van der Waals surface area contributed by atoms with E-state index in [0.29, 0.717) is 5.52 Å². The molecule has 6 heteroatoms. The summed E-state index contributed by atoms with van der Waals surface area (Å²) in [6.45, 7) is -0.111. The van der Waals surface area contributed by atoms with Crippen molar-refractivity contribution in [2.24, 2.45) is 5.73 Å². The molecule has 0 unspecified atom stereocenters. The van der Waals surface area contributed by atoms with Crippen LogP contribution in [0.1, 0.15) is 0 Å². The first-order valence-corrected chi connectivity index (χ1v) is 3.99. The first-order valence-electron chi connectivity index (χ1n) is 3.99. The van der Waals surface area contributed by atoms with Gasteiger partial charge < -0.3 is 10.3 Å². The predicted octanol–water partition coefficient (Wildman–Crippen LogP) is -1.02. The third-order valence-corrected chi connectivity index (χ3v) is 1.86. The molecular formula is C8H8N4O2. The molecule has 0 aliphatic heterocycles. The van der Waals surface area contributed by atoms with Crippen LogP contribution in [0.2, 0.25) is 0 Å². The zero-order valence-electron chi connectivity index (χ0n) is 7.25. The number of fused-ring (bicyclic) bond motifs is 1. The fourth-order valence-electron chi connectivity index (χ4n) is 1.25. The van der Waals surface area contributed by atoms with Gasteiger partial charge in [0.2, 0.25) is 5.91 Å². The number of rotatable bonds is 2. The van der Waals surface area contributed by atoms with E-state index in [9.17, 15) is 9.59 Å². The van der Waals surface area contributed by atoms with E-state index in [0.717, 1.165) is 0 Å². The molecule has 0 radical (unpaired) electrons. The summed E-state index contributed by atoms with van der Waals surface area (Å²) in [7, 11) is 0. The second kappa shape index (κ2) is 2.99. The second-order valence-corrected chi connectivity index (χ2v) is 2.86. The number of aromatic nitrogens is 3. The number of carbonyl (C=O) groups is 1. The minimum atomic E-state index is -0.545. The molecule has 0 aromatic carbocycles. The molecule has 72 valence electrons. The van der Waals surface area contributed by atoms with E-state index in [-0.39, 0.29) is 12.1 Å². The van der Waals surface area contributed by atoms with Crippen molar-refractivity contribution in [2.75, 3.05) is 0 Å². The van der Waals surface area contributed by atoms with Crippen LogP contribution in [0.3, 0.4) is 0 Å². The van der Waals surface area contributed by atoms with Gasteiger partial charge >= 0.3 is 0 Å². The number of hydrogen-bond acceptors (Lipinski definition) is 3. The van der Waals surface area contributed by atoms with Crippen molar-refractivity contribution in [2.45, 2.75) is 6.54 Å². The molecule has 6 nitrogen and oxygen atoms in total. The summed E-state index contributed by atoms with van der Waals surface area (Å²) >= 11 is 0. The highest BCUT2D eigenvalue weighted by molar-refractivity contribution is 5.73. The van der Waals surface area contributed by atoms with Crippen LogP contribution in [-0.4, -0.2) is 20.1 Å². The van der Waals surface area contributed by atoms with Gasteiger partial charge in [0.05, 0.1) is 6.20 Å². The minimum absolute atomic E-state index is 0.111. The summed E-state index contributed by atoms with van der Waals surface area (Å²) in [5.41, 5.74) is 5.14. The lowest BCUT2D eigenvalue weighted by molar-refractivity contribution is -0.118. The molecule has 0 saturated carbocycles. The van der Waals surface area contributed by atoms with Gasteiger partial charge in [-0.3, -0.25) is 9.59 Å². The Morgan fingerprint density at radius 3 is 3.00 bits per heavy atom. The third-order valence-electron chi connectivity index (χ3n) is 1.86. The first kappa shape index (κ1) is 8.49. The standard InChI is InChI=1S/C8H8N4O2/c9-7(13)5-11-3-4-12-6(8(11)14)1-2-10-12/h1-4H,5H2,(H2,9,13).